The summed E-state index contributed by atoms with van der Waals surface area (Å²) in [5.74, 6) is 1.57. The Morgan fingerprint density at radius 1 is 1.15 bits per heavy atom. The van der Waals surface area contributed by atoms with Crippen LogP contribution in [0.1, 0.15) is 33.3 Å². The smallest absolute Gasteiger partial charge is 0.165 e. The third-order valence-electron chi connectivity index (χ3n) is 3.06. The van der Waals surface area contributed by atoms with Gasteiger partial charge < -0.3 is 20.1 Å². The molecule has 4 nitrogen and oxygen atoms in total. The minimum atomic E-state index is 0.142. The van der Waals surface area contributed by atoms with E-state index >= 15 is 0 Å². The summed E-state index contributed by atoms with van der Waals surface area (Å²) in [4.78, 5) is 0. The lowest BCUT2D eigenvalue weighted by molar-refractivity contribution is 0.348. The van der Waals surface area contributed by atoms with Gasteiger partial charge in [-0.1, -0.05) is 12.1 Å². The highest BCUT2D eigenvalue weighted by molar-refractivity contribution is 5.46. The first-order valence-electron chi connectivity index (χ1n) is 7.05. The molecule has 1 unspecified atom stereocenters. The molecule has 0 heterocycles. The molecule has 0 aliphatic carbocycles. The van der Waals surface area contributed by atoms with Crippen molar-refractivity contribution < 1.29 is 9.47 Å². The Morgan fingerprint density at radius 3 is 2.40 bits per heavy atom. The number of ether oxygens (including phenoxy) is 2. The largest absolute Gasteiger partial charge is 0.493 e. The van der Waals surface area contributed by atoms with E-state index in [2.05, 4.69) is 44.4 Å². The van der Waals surface area contributed by atoms with Crippen molar-refractivity contribution in [2.45, 2.75) is 45.8 Å². The maximum atomic E-state index is 5.43. The van der Waals surface area contributed by atoms with Crippen molar-refractivity contribution in [2.75, 3.05) is 20.8 Å². The van der Waals surface area contributed by atoms with Crippen LogP contribution >= 0.6 is 0 Å². The molecule has 1 aromatic rings. The van der Waals surface area contributed by atoms with Crippen LogP contribution in [0.2, 0.25) is 0 Å². The maximum Gasteiger partial charge on any atom is 0.165 e. The van der Waals surface area contributed by atoms with Crippen LogP contribution in [-0.4, -0.2) is 32.3 Å². The maximum absolute atomic E-state index is 5.43. The molecule has 114 valence electrons. The second-order valence-electron chi connectivity index (χ2n) is 6.07. The van der Waals surface area contributed by atoms with Crippen molar-refractivity contribution in [1.82, 2.24) is 10.6 Å². The van der Waals surface area contributed by atoms with Gasteiger partial charge in [-0.3, -0.25) is 0 Å². The lowest BCUT2D eigenvalue weighted by atomic mass is 10.1. The zero-order valence-corrected chi connectivity index (χ0v) is 13.5. The van der Waals surface area contributed by atoms with Gasteiger partial charge in [0.25, 0.3) is 0 Å². The van der Waals surface area contributed by atoms with Crippen LogP contribution in [0.15, 0.2) is 18.2 Å². The molecule has 20 heavy (non-hydrogen) atoms. The molecule has 1 atom stereocenters. The van der Waals surface area contributed by atoms with Gasteiger partial charge in [-0.05, 0) is 33.8 Å². The Balaban J connectivity index is 2.57. The lowest BCUT2D eigenvalue weighted by Gasteiger charge is -2.24. The average Bonchev–Trinajstić information content (AvgIpc) is 2.41. The van der Waals surface area contributed by atoms with Gasteiger partial charge in [0, 0.05) is 30.2 Å². The summed E-state index contributed by atoms with van der Waals surface area (Å²) < 4.78 is 10.7. The number of benzene rings is 1. The van der Waals surface area contributed by atoms with Crippen LogP contribution in [0.5, 0.6) is 11.5 Å². The van der Waals surface area contributed by atoms with E-state index in [1.807, 2.05) is 12.1 Å². The van der Waals surface area contributed by atoms with Crippen LogP contribution < -0.4 is 20.1 Å². The lowest BCUT2D eigenvalue weighted by Crippen LogP contribution is -2.44. The molecule has 0 aliphatic heterocycles. The van der Waals surface area contributed by atoms with Gasteiger partial charge in [0.1, 0.15) is 0 Å². The third kappa shape index (κ3) is 5.39. The fourth-order valence-electron chi connectivity index (χ4n) is 1.91. The fourth-order valence-corrected chi connectivity index (χ4v) is 1.91. The zero-order chi connectivity index (χ0) is 15.2. The van der Waals surface area contributed by atoms with Gasteiger partial charge >= 0.3 is 0 Å². The molecule has 0 spiro atoms. The first kappa shape index (κ1) is 16.8. The number of hydrogen-bond donors (Lipinski definition) is 2. The van der Waals surface area contributed by atoms with E-state index in [-0.39, 0.29) is 5.54 Å². The number of nitrogens with one attached hydrogen (secondary N) is 2. The van der Waals surface area contributed by atoms with Crippen molar-refractivity contribution in [3.63, 3.8) is 0 Å². The Kier molecular flexibility index (Phi) is 6.30. The average molecular weight is 280 g/mol. The van der Waals surface area contributed by atoms with Gasteiger partial charge in [-0.25, -0.2) is 0 Å². The first-order chi connectivity index (χ1) is 9.37. The predicted octanol–water partition coefficient (Wildman–Crippen LogP) is 2.57. The van der Waals surface area contributed by atoms with Crippen LogP contribution in [0.25, 0.3) is 0 Å². The number of methoxy groups -OCH3 is 2. The summed E-state index contributed by atoms with van der Waals surface area (Å²) in [5.41, 5.74) is 1.25. The molecular weight excluding hydrogens is 252 g/mol. The van der Waals surface area contributed by atoms with Crippen molar-refractivity contribution in [3.8, 4) is 11.5 Å². The molecule has 0 radical (unpaired) electrons. The van der Waals surface area contributed by atoms with E-state index < -0.39 is 0 Å². The molecule has 1 rings (SSSR count). The normalized spacial score (nSPS) is 13.1. The van der Waals surface area contributed by atoms with Crippen molar-refractivity contribution in [2.24, 2.45) is 0 Å². The summed E-state index contributed by atoms with van der Waals surface area (Å²) >= 11 is 0. The van der Waals surface area contributed by atoms with E-state index in [4.69, 9.17) is 9.47 Å². The van der Waals surface area contributed by atoms with Gasteiger partial charge in [0.2, 0.25) is 0 Å². The van der Waals surface area contributed by atoms with E-state index in [9.17, 15) is 0 Å². The number of rotatable bonds is 7. The Labute approximate surface area is 122 Å². The summed E-state index contributed by atoms with van der Waals surface area (Å²) in [6.45, 7) is 10.4. The Bertz CT molecular complexity index is 413. The molecule has 0 fully saturated rings. The molecular formula is C16H28N2O2. The van der Waals surface area contributed by atoms with Crippen molar-refractivity contribution >= 4 is 0 Å². The predicted molar refractivity (Wildman–Crippen MR) is 83.6 cm³/mol. The summed E-state index contributed by atoms with van der Waals surface area (Å²) in [6.07, 6.45) is 0. The molecule has 0 bridgehead atoms. The van der Waals surface area contributed by atoms with Gasteiger partial charge in [0.05, 0.1) is 14.2 Å². The molecule has 0 saturated carbocycles. The quantitative estimate of drug-likeness (QED) is 0.805. The van der Waals surface area contributed by atoms with E-state index in [0.29, 0.717) is 6.04 Å². The highest BCUT2D eigenvalue weighted by Gasteiger charge is 2.13. The van der Waals surface area contributed by atoms with Gasteiger partial charge in [0.15, 0.2) is 11.5 Å². The number of hydrogen-bond acceptors (Lipinski definition) is 4. The molecule has 4 heteroatoms. The molecule has 0 saturated heterocycles. The molecule has 0 amide bonds. The minimum Gasteiger partial charge on any atom is -0.493 e. The molecule has 1 aromatic carbocycles. The monoisotopic (exact) mass is 280 g/mol. The van der Waals surface area contributed by atoms with Gasteiger partial charge in [-0.2, -0.15) is 0 Å². The van der Waals surface area contributed by atoms with Crippen molar-refractivity contribution in [1.29, 1.82) is 0 Å². The third-order valence-corrected chi connectivity index (χ3v) is 3.06. The highest BCUT2D eigenvalue weighted by atomic mass is 16.5. The molecule has 2 N–H and O–H groups in total. The Morgan fingerprint density at radius 2 is 1.85 bits per heavy atom. The van der Waals surface area contributed by atoms with Crippen LogP contribution in [0, 0.1) is 0 Å². The van der Waals surface area contributed by atoms with Crippen molar-refractivity contribution in [3.05, 3.63) is 23.8 Å². The van der Waals surface area contributed by atoms with Crippen LogP contribution in [0.4, 0.5) is 0 Å². The van der Waals surface area contributed by atoms with E-state index in [1.165, 1.54) is 0 Å². The SMILES string of the molecule is COc1cccc(CNC(C)CNC(C)(C)C)c1OC. The highest BCUT2D eigenvalue weighted by Crippen LogP contribution is 2.30. The van der Waals surface area contributed by atoms with Gasteiger partial charge in [-0.15, -0.1) is 0 Å². The standard InChI is InChI=1S/C16H28N2O2/c1-12(10-18-16(2,3)4)17-11-13-8-7-9-14(19-5)15(13)20-6/h7-9,12,17-18H,10-11H2,1-6H3. The summed E-state index contributed by atoms with van der Waals surface area (Å²) in [5, 5.41) is 6.99. The summed E-state index contributed by atoms with van der Waals surface area (Å²) in [7, 11) is 3.33. The Hall–Kier alpha value is -1.26. The summed E-state index contributed by atoms with van der Waals surface area (Å²) in [6, 6.07) is 6.33. The van der Waals surface area contributed by atoms with E-state index in [0.717, 1.165) is 30.2 Å². The molecule has 0 aromatic heterocycles. The number of para-hydroxylation sites is 1. The fraction of sp³-hybridized carbons (Fsp3) is 0.625. The van der Waals surface area contributed by atoms with Crippen LogP contribution in [0.3, 0.4) is 0 Å². The zero-order valence-electron chi connectivity index (χ0n) is 13.5. The second kappa shape index (κ2) is 7.50. The van der Waals surface area contributed by atoms with E-state index in [1.54, 1.807) is 14.2 Å². The molecule has 0 aliphatic rings. The topological polar surface area (TPSA) is 42.5 Å². The van der Waals surface area contributed by atoms with Crippen LogP contribution in [-0.2, 0) is 6.54 Å². The minimum absolute atomic E-state index is 0.142. The second-order valence-corrected chi connectivity index (χ2v) is 6.07. The first-order valence-corrected chi connectivity index (χ1v) is 7.05.